The third-order valence-corrected chi connectivity index (χ3v) is 5.81. The first kappa shape index (κ1) is 24.4. The van der Waals surface area contributed by atoms with Gasteiger partial charge in [0.2, 0.25) is 0 Å². The molecule has 0 aliphatic rings. The molecule has 0 saturated heterocycles. The van der Waals surface area contributed by atoms with Crippen LogP contribution in [-0.2, 0) is 0 Å². The molecule has 4 N–H and O–H groups in total. The third-order valence-electron chi connectivity index (χ3n) is 5.81. The predicted molar refractivity (Wildman–Crippen MR) is 129 cm³/mol. The maximum atomic E-state index is 10.7. The summed E-state index contributed by atoms with van der Waals surface area (Å²) in [5.74, 6) is 2.58. The zero-order valence-corrected chi connectivity index (χ0v) is 19.3. The van der Waals surface area contributed by atoms with Gasteiger partial charge < -0.3 is 24.4 Å². The van der Waals surface area contributed by atoms with Crippen LogP contribution in [0.3, 0.4) is 0 Å². The van der Waals surface area contributed by atoms with Crippen LogP contribution >= 0.6 is 0 Å². The quantitative estimate of drug-likeness (QED) is 0.367. The van der Waals surface area contributed by atoms with Crippen molar-refractivity contribution in [3.8, 4) is 23.0 Å². The molecule has 33 heavy (non-hydrogen) atoms. The SMILES string of the molecule is COc1ccc(C(CC(C)C[C@H](O)C(N)Oc2ccc(O)cc2)c2ccc(OC)cc2)cc1. The molecule has 0 aromatic heterocycles. The van der Waals surface area contributed by atoms with Gasteiger partial charge in [-0.2, -0.15) is 0 Å². The number of benzene rings is 3. The summed E-state index contributed by atoms with van der Waals surface area (Å²) >= 11 is 0. The van der Waals surface area contributed by atoms with Crippen LogP contribution in [0.1, 0.15) is 36.8 Å². The number of ether oxygens (including phenoxy) is 3. The fourth-order valence-corrected chi connectivity index (χ4v) is 3.94. The number of phenols is 1. The second-order valence-corrected chi connectivity index (χ2v) is 8.32. The molecule has 0 aliphatic heterocycles. The standard InChI is InChI=1S/C27H33NO5/c1-18(17-26(30)27(28)33-24-14-8-21(29)9-15-24)16-25(19-4-10-22(31-2)11-5-19)20-6-12-23(32-3)13-7-20/h4-15,18,25-27,29-30H,16-17,28H2,1-3H3/t18?,26-,27?/m0/s1. The van der Waals surface area contributed by atoms with Gasteiger partial charge in [-0.15, -0.1) is 0 Å². The fourth-order valence-electron chi connectivity index (χ4n) is 3.94. The fraction of sp³-hybridized carbons (Fsp3) is 0.333. The van der Waals surface area contributed by atoms with Gasteiger partial charge in [0, 0.05) is 5.92 Å². The zero-order valence-electron chi connectivity index (χ0n) is 19.3. The van der Waals surface area contributed by atoms with E-state index in [9.17, 15) is 10.2 Å². The van der Waals surface area contributed by atoms with Crippen LogP contribution in [0.2, 0.25) is 0 Å². The van der Waals surface area contributed by atoms with Gasteiger partial charge in [-0.3, -0.25) is 5.73 Å². The minimum Gasteiger partial charge on any atom is -0.508 e. The lowest BCUT2D eigenvalue weighted by atomic mass is 9.82. The Kier molecular flexibility index (Phi) is 8.58. The molecular formula is C27H33NO5. The van der Waals surface area contributed by atoms with E-state index in [4.69, 9.17) is 19.9 Å². The summed E-state index contributed by atoms with van der Waals surface area (Å²) in [6.07, 6.45) is -0.387. The Morgan fingerprint density at radius 1 is 0.727 bits per heavy atom. The average molecular weight is 452 g/mol. The molecule has 6 heteroatoms. The number of hydrogen-bond donors (Lipinski definition) is 3. The molecular weight excluding hydrogens is 418 g/mol. The van der Waals surface area contributed by atoms with Gasteiger partial charge in [0.1, 0.15) is 29.1 Å². The predicted octanol–water partition coefficient (Wildman–Crippen LogP) is 4.68. The van der Waals surface area contributed by atoms with Crippen molar-refractivity contribution in [2.24, 2.45) is 11.7 Å². The highest BCUT2D eigenvalue weighted by molar-refractivity contribution is 5.38. The summed E-state index contributed by atoms with van der Waals surface area (Å²) < 4.78 is 16.3. The first-order valence-corrected chi connectivity index (χ1v) is 11.1. The highest BCUT2D eigenvalue weighted by atomic mass is 16.5. The van der Waals surface area contributed by atoms with Crippen molar-refractivity contribution in [3.63, 3.8) is 0 Å². The molecule has 176 valence electrons. The lowest BCUT2D eigenvalue weighted by Crippen LogP contribution is -2.40. The average Bonchev–Trinajstić information content (AvgIpc) is 2.84. The van der Waals surface area contributed by atoms with Crippen molar-refractivity contribution in [3.05, 3.63) is 83.9 Å². The van der Waals surface area contributed by atoms with Crippen LogP contribution in [0.5, 0.6) is 23.0 Å². The second-order valence-electron chi connectivity index (χ2n) is 8.32. The van der Waals surface area contributed by atoms with Crippen molar-refractivity contribution >= 4 is 0 Å². The van der Waals surface area contributed by atoms with Gasteiger partial charge >= 0.3 is 0 Å². The first-order chi connectivity index (χ1) is 15.9. The third kappa shape index (κ3) is 6.88. The van der Waals surface area contributed by atoms with Crippen molar-refractivity contribution < 1.29 is 24.4 Å². The molecule has 0 fully saturated rings. The molecule has 0 spiro atoms. The van der Waals surface area contributed by atoms with Gasteiger partial charge in [-0.05, 0) is 78.4 Å². The molecule has 0 radical (unpaired) electrons. The minimum absolute atomic E-state index is 0.137. The Morgan fingerprint density at radius 3 is 1.64 bits per heavy atom. The number of hydrogen-bond acceptors (Lipinski definition) is 6. The van der Waals surface area contributed by atoms with E-state index in [0.29, 0.717) is 12.2 Å². The molecule has 0 heterocycles. The molecule has 3 aromatic carbocycles. The topological polar surface area (TPSA) is 94.2 Å². The molecule has 0 saturated carbocycles. The lowest BCUT2D eigenvalue weighted by molar-refractivity contribution is 0.0242. The Bertz CT molecular complexity index is 925. The molecule has 3 rings (SSSR count). The van der Waals surface area contributed by atoms with E-state index in [1.807, 2.05) is 24.3 Å². The Hall–Kier alpha value is -3.22. The molecule has 0 bridgehead atoms. The summed E-state index contributed by atoms with van der Waals surface area (Å²) in [6, 6.07) is 22.5. The highest BCUT2D eigenvalue weighted by Crippen LogP contribution is 2.34. The van der Waals surface area contributed by atoms with Crippen LogP contribution in [0.25, 0.3) is 0 Å². The molecule has 0 aliphatic carbocycles. The van der Waals surface area contributed by atoms with Gasteiger partial charge in [0.15, 0.2) is 6.23 Å². The van der Waals surface area contributed by atoms with Crippen LogP contribution in [-0.4, -0.2) is 36.8 Å². The Labute approximate surface area is 195 Å². The van der Waals surface area contributed by atoms with Gasteiger partial charge in [0.25, 0.3) is 0 Å². The van der Waals surface area contributed by atoms with Crippen molar-refractivity contribution in [2.45, 2.75) is 38.0 Å². The van der Waals surface area contributed by atoms with Crippen molar-refractivity contribution in [1.29, 1.82) is 0 Å². The van der Waals surface area contributed by atoms with Gasteiger partial charge in [0.05, 0.1) is 14.2 Å². The summed E-state index contributed by atoms with van der Waals surface area (Å²) in [7, 11) is 3.31. The smallest absolute Gasteiger partial charge is 0.173 e. The normalized spacial score (nSPS) is 13.9. The van der Waals surface area contributed by atoms with Crippen molar-refractivity contribution in [2.75, 3.05) is 14.2 Å². The maximum Gasteiger partial charge on any atom is 0.173 e. The van der Waals surface area contributed by atoms with E-state index in [1.54, 1.807) is 26.4 Å². The molecule has 3 atom stereocenters. The molecule has 2 unspecified atom stereocenters. The second kappa shape index (κ2) is 11.6. The molecule has 0 amide bonds. The monoisotopic (exact) mass is 451 g/mol. The number of aliphatic hydroxyl groups excluding tert-OH is 1. The molecule has 6 nitrogen and oxygen atoms in total. The van der Waals surface area contributed by atoms with Gasteiger partial charge in [-0.25, -0.2) is 0 Å². The summed E-state index contributed by atoms with van der Waals surface area (Å²) in [6.45, 7) is 2.11. The lowest BCUT2D eigenvalue weighted by Gasteiger charge is -2.26. The Morgan fingerprint density at radius 2 is 1.18 bits per heavy atom. The van der Waals surface area contributed by atoms with E-state index < -0.39 is 12.3 Å². The van der Waals surface area contributed by atoms with E-state index in [-0.39, 0.29) is 17.6 Å². The van der Waals surface area contributed by atoms with E-state index in [2.05, 4.69) is 31.2 Å². The number of methoxy groups -OCH3 is 2. The van der Waals surface area contributed by atoms with Gasteiger partial charge in [-0.1, -0.05) is 31.2 Å². The number of rotatable bonds is 11. The Balaban J connectivity index is 1.70. The number of phenolic OH excluding ortho intramolecular Hbond substituents is 1. The minimum atomic E-state index is -0.864. The van der Waals surface area contributed by atoms with E-state index >= 15 is 0 Å². The number of nitrogens with two attached hydrogens (primary N) is 1. The van der Waals surface area contributed by atoms with Crippen molar-refractivity contribution in [1.82, 2.24) is 0 Å². The summed E-state index contributed by atoms with van der Waals surface area (Å²) in [4.78, 5) is 0. The van der Waals surface area contributed by atoms with Crippen LogP contribution in [0, 0.1) is 5.92 Å². The van der Waals surface area contributed by atoms with Crippen LogP contribution in [0.15, 0.2) is 72.8 Å². The van der Waals surface area contributed by atoms with E-state index in [0.717, 1.165) is 17.9 Å². The van der Waals surface area contributed by atoms with E-state index in [1.165, 1.54) is 23.3 Å². The molecule has 3 aromatic rings. The summed E-state index contributed by atoms with van der Waals surface area (Å²) in [5.41, 5.74) is 8.44. The van der Waals surface area contributed by atoms with Crippen LogP contribution < -0.4 is 19.9 Å². The maximum absolute atomic E-state index is 10.7. The summed E-state index contributed by atoms with van der Waals surface area (Å²) in [5, 5.41) is 20.1. The van der Waals surface area contributed by atoms with Crippen LogP contribution in [0.4, 0.5) is 0 Å². The zero-order chi connectivity index (χ0) is 23.8. The highest BCUT2D eigenvalue weighted by Gasteiger charge is 2.23. The first-order valence-electron chi connectivity index (χ1n) is 11.1. The largest absolute Gasteiger partial charge is 0.508 e. The number of aliphatic hydroxyl groups is 1. The number of aromatic hydroxyl groups is 1.